The van der Waals surface area contributed by atoms with Crippen molar-refractivity contribution in [2.45, 2.75) is 31.6 Å². The van der Waals surface area contributed by atoms with Gasteiger partial charge < -0.3 is 18.0 Å². The second-order valence-electron chi connectivity index (χ2n) is 3.71. The highest BCUT2D eigenvalue weighted by atomic mass is 28.4. The average Bonchev–Trinajstić information content (AvgIpc) is 2.70. The second-order valence-corrected chi connectivity index (χ2v) is 6.71. The molecule has 0 N–H and O–H groups in total. The van der Waals surface area contributed by atoms with Gasteiger partial charge in [0.05, 0.1) is 11.7 Å². The van der Waals surface area contributed by atoms with Crippen LogP contribution in [0.15, 0.2) is 0 Å². The van der Waals surface area contributed by atoms with E-state index in [0.29, 0.717) is 0 Å². The monoisotopic (exact) mass is 206 g/mol. The van der Waals surface area contributed by atoms with Crippen molar-refractivity contribution in [2.75, 3.05) is 21.3 Å². The molecule has 4 nitrogen and oxygen atoms in total. The molecule has 0 bridgehead atoms. The van der Waals surface area contributed by atoms with E-state index < -0.39 is 8.80 Å². The summed E-state index contributed by atoms with van der Waals surface area (Å²) in [5, 5.41) is 0. The number of ether oxygens (including phenoxy) is 1. The highest BCUT2D eigenvalue weighted by Crippen LogP contribution is 2.40. The van der Waals surface area contributed by atoms with Gasteiger partial charge in [-0.3, -0.25) is 0 Å². The summed E-state index contributed by atoms with van der Waals surface area (Å²) in [5.41, 5.74) is -0.0339. The van der Waals surface area contributed by atoms with Gasteiger partial charge in [0, 0.05) is 27.4 Å². The molecule has 1 atom stereocenters. The molecule has 0 saturated carbocycles. The Balaban J connectivity index is 2.49. The van der Waals surface area contributed by atoms with Crippen molar-refractivity contribution >= 4 is 8.80 Å². The largest absolute Gasteiger partial charge is 0.502 e. The van der Waals surface area contributed by atoms with E-state index in [1.54, 1.807) is 21.3 Å². The van der Waals surface area contributed by atoms with E-state index in [2.05, 4.69) is 13.8 Å². The van der Waals surface area contributed by atoms with Crippen molar-refractivity contribution in [1.82, 2.24) is 0 Å². The van der Waals surface area contributed by atoms with Gasteiger partial charge in [0.15, 0.2) is 0 Å². The van der Waals surface area contributed by atoms with E-state index in [9.17, 15) is 0 Å². The van der Waals surface area contributed by atoms with Crippen LogP contribution >= 0.6 is 0 Å². The van der Waals surface area contributed by atoms with Gasteiger partial charge in [-0.05, 0) is 13.8 Å². The first-order valence-corrected chi connectivity index (χ1v) is 6.26. The summed E-state index contributed by atoms with van der Waals surface area (Å²) in [7, 11) is 2.43. The summed E-state index contributed by atoms with van der Waals surface area (Å²) < 4.78 is 21.3. The predicted molar refractivity (Wildman–Crippen MR) is 50.5 cm³/mol. The highest BCUT2D eigenvalue weighted by molar-refractivity contribution is 6.60. The maximum absolute atomic E-state index is 5.46. The van der Waals surface area contributed by atoms with Crippen LogP contribution in [0.5, 0.6) is 0 Å². The van der Waals surface area contributed by atoms with E-state index in [1.165, 1.54) is 0 Å². The summed E-state index contributed by atoms with van der Waals surface area (Å²) in [6.07, 6.45) is 0.207. The SMILES string of the molecule is CO[Si](CC1OC1(C)C)(OC)OC. The van der Waals surface area contributed by atoms with E-state index >= 15 is 0 Å². The molecular formula is C8H18O4Si. The fraction of sp³-hybridized carbons (Fsp3) is 1.00. The van der Waals surface area contributed by atoms with Crippen LogP contribution in [0.1, 0.15) is 13.8 Å². The Labute approximate surface area is 80.5 Å². The van der Waals surface area contributed by atoms with E-state index in [1.807, 2.05) is 0 Å². The third-order valence-corrected chi connectivity index (χ3v) is 5.27. The van der Waals surface area contributed by atoms with Crippen molar-refractivity contribution in [2.24, 2.45) is 0 Å². The first kappa shape index (κ1) is 11.1. The average molecular weight is 206 g/mol. The molecule has 1 fully saturated rings. The van der Waals surface area contributed by atoms with Crippen LogP contribution in [-0.2, 0) is 18.0 Å². The molecule has 5 heteroatoms. The van der Waals surface area contributed by atoms with Gasteiger partial charge in [-0.25, -0.2) is 0 Å². The lowest BCUT2D eigenvalue weighted by molar-refractivity contribution is 0.120. The van der Waals surface area contributed by atoms with Gasteiger partial charge in [0.2, 0.25) is 0 Å². The molecule has 0 radical (unpaired) electrons. The van der Waals surface area contributed by atoms with Crippen LogP contribution < -0.4 is 0 Å². The second kappa shape index (κ2) is 3.66. The Bertz CT molecular complexity index is 171. The van der Waals surface area contributed by atoms with Crippen molar-refractivity contribution in [3.8, 4) is 0 Å². The lowest BCUT2D eigenvalue weighted by Gasteiger charge is -2.23. The van der Waals surface area contributed by atoms with Crippen LogP contribution in [0.4, 0.5) is 0 Å². The Kier molecular flexibility index (Phi) is 3.14. The Morgan fingerprint density at radius 2 is 1.54 bits per heavy atom. The Hall–Kier alpha value is 0.0569. The van der Waals surface area contributed by atoms with Gasteiger partial charge >= 0.3 is 8.80 Å². The molecule has 1 aliphatic heterocycles. The molecule has 1 unspecified atom stereocenters. The van der Waals surface area contributed by atoms with Crippen molar-refractivity contribution in [1.29, 1.82) is 0 Å². The van der Waals surface area contributed by atoms with Gasteiger partial charge in [-0.1, -0.05) is 0 Å². The topological polar surface area (TPSA) is 40.2 Å². The summed E-state index contributed by atoms with van der Waals surface area (Å²) in [6, 6.07) is 0.726. The molecule has 0 amide bonds. The number of hydrogen-bond acceptors (Lipinski definition) is 4. The quantitative estimate of drug-likeness (QED) is 0.498. The zero-order valence-corrected chi connectivity index (χ0v) is 9.92. The van der Waals surface area contributed by atoms with Crippen LogP contribution in [-0.4, -0.2) is 41.8 Å². The minimum Gasteiger partial charge on any atom is -0.377 e. The van der Waals surface area contributed by atoms with Gasteiger partial charge in [-0.2, -0.15) is 0 Å². The first-order chi connectivity index (χ1) is 5.99. The maximum Gasteiger partial charge on any atom is 0.502 e. The number of hydrogen-bond donors (Lipinski definition) is 0. The molecule has 0 aromatic rings. The summed E-state index contributed by atoms with van der Waals surface area (Å²) in [6.45, 7) is 4.11. The molecule has 13 heavy (non-hydrogen) atoms. The molecule has 1 aliphatic rings. The predicted octanol–water partition coefficient (Wildman–Crippen LogP) is 1.04. The molecule has 1 heterocycles. The van der Waals surface area contributed by atoms with E-state index in [-0.39, 0.29) is 11.7 Å². The number of rotatable bonds is 5. The first-order valence-electron chi connectivity index (χ1n) is 4.33. The summed E-state index contributed by atoms with van der Waals surface area (Å²) >= 11 is 0. The van der Waals surface area contributed by atoms with E-state index in [0.717, 1.165) is 6.04 Å². The third kappa shape index (κ3) is 2.29. The lowest BCUT2D eigenvalue weighted by atomic mass is 10.2. The molecule has 1 saturated heterocycles. The lowest BCUT2D eigenvalue weighted by Crippen LogP contribution is -2.44. The van der Waals surface area contributed by atoms with E-state index in [4.69, 9.17) is 18.0 Å². The molecule has 1 rings (SSSR count). The van der Waals surface area contributed by atoms with Crippen molar-refractivity contribution in [3.63, 3.8) is 0 Å². The Morgan fingerprint density at radius 1 is 1.15 bits per heavy atom. The van der Waals surface area contributed by atoms with Gasteiger partial charge in [-0.15, -0.1) is 0 Å². The zero-order chi connectivity index (χ0) is 10.1. The normalized spacial score (nSPS) is 26.1. The molecule has 0 aromatic carbocycles. The maximum atomic E-state index is 5.46. The van der Waals surface area contributed by atoms with Crippen LogP contribution in [0.25, 0.3) is 0 Å². The van der Waals surface area contributed by atoms with Gasteiger partial charge in [0.1, 0.15) is 0 Å². The molecule has 78 valence electrons. The molecule has 0 spiro atoms. The third-order valence-electron chi connectivity index (χ3n) is 2.53. The minimum absolute atomic E-state index is 0.0339. The molecule has 0 aromatic heterocycles. The van der Waals surface area contributed by atoms with Crippen molar-refractivity contribution < 1.29 is 18.0 Å². The number of epoxide rings is 1. The fourth-order valence-corrected chi connectivity index (χ4v) is 3.38. The smallest absolute Gasteiger partial charge is 0.377 e. The Morgan fingerprint density at radius 3 is 1.77 bits per heavy atom. The summed E-state index contributed by atoms with van der Waals surface area (Å²) in [4.78, 5) is 0. The molecular weight excluding hydrogens is 188 g/mol. The highest BCUT2D eigenvalue weighted by Gasteiger charge is 2.55. The van der Waals surface area contributed by atoms with Crippen molar-refractivity contribution in [3.05, 3.63) is 0 Å². The van der Waals surface area contributed by atoms with Crippen LogP contribution in [0.2, 0.25) is 6.04 Å². The zero-order valence-electron chi connectivity index (χ0n) is 8.92. The summed E-state index contributed by atoms with van der Waals surface area (Å²) in [5.74, 6) is 0. The fourth-order valence-electron chi connectivity index (χ4n) is 1.35. The minimum atomic E-state index is -2.43. The van der Waals surface area contributed by atoms with Gasteiger partial charge in [0.25, 0.3) is 0 Å². The standard InChI is InChI=1S/C8H18O4Si/c1-8(2)7(12-8)6-13(9-3,10-4)11-5/h7H,6H2,1-5H3. The van der Waals surface area contributed by atoms with Crippen LogP contribution in [0, 0.1) is 0 Å². The molecule has 0 aliphatic carbocycles. The van der Waals surface area contributed by atoms with Crippen LogP contribution in [0.3, 0.4) is 0 Å².